The fraction of sp³-hybridized carbons (Fsp3) is 0.727. The second kappa shape index (κ2) is 10.1. The van der Waals surface area contributed by atoms with Crippen molar-refractivity contribution >= 4 is 0 Å². The Morgan fingerprint density at radius 2 is 1.79 bits per heavy atom. The van der Waals surface area contributed by atoms with Crippen LogP contribution in [-0.2, 0) is 11.2 Å². The molecular weight excluding hydrogens is 296 g/mol. The Morgan fingerprint density at radius 1 is 1.08 bits per heavy atom. The first-order valence-electron chi connectivity index (χ1n) is 10.0. The molecule has 2 unspecified atom stereocenters. The van der Waals surface area contributed by atoms with Crippen LogP contribution in [0.4, 0.5) is 0 Å². The minimum Gasteiger partial charge on any atom is -0.487 e. The smallest absolute Gasteiger partial charge is 0.124 e. The van der Waals surface area contributed by atoms with Crippen molar-refractivity contribution in [3.63, 3.8) is 0 Å². The Labute approximate surface area is 148 Å². The minimum atomic E-state index is -0.133. The summed E-state index contributed by atoms with van der Waals surface area (Å²) < 4.78 is 12.3. The van der Waals surface area contributed by atoms with Crippen LogP contribution in [-0.4, -0.2) is 18.3 Å². The van der Waals surface area contributed by atoms with Crippen molar-refractivity contribution in [2.45, 2.75) is 96.7 Å². The standard InChI is InChI=1S/C22H36O2/c1-4-5-6-7-8-9-10-14-20-15-11-12-16-21(20)24-19(2)22(3)17-13-18-23-22/h11-12,15-16,19H,4-10,13-14,17-18H2,1-3H3. The highest BCUT2D eigenvalue weighted by Crippen LogP contribution is 2.32. The molecule has 1 aliphatic rings. The summed E-state index contributed by atoms with van der Waals surface area (Å²) in [7, 11) is 0. The summed E-state index contributed by atoms with van der Waals surface area (Å²) >= 11 is 0. The number of rotatable bonds is 11. The molecule has 1 saturated heterocycles. The van der Waals surface area contributed by atoms with Crippen LogP contribution in [0.15, 0.2) is 24.3 Å². The van der Waals surface area contributed by atoms with Crippen molar-refractivity contribution < 1.29 is 9.47 Å². The Balaban J connectivity index is 1.79. The summed E-state index contributed by atoms with van der Waals surface area (Å²) in [5.74, 6) is 1.05. The summed E-state index contributed by atoms with van der Waals surface area (Å²) in [5.41, 5.74) is 1.21. The lowest BCUT2D eigenvalue weighted by atomic mass is 9.96. The van der Waals surface area contributed by atoms with Gasteiger partial charge in [-0.1, -0.05) is 63.6 Å². The molecule has 1 aromatic carbocycles. The molecule has 0 N–H and O–H groups in total. The Morgan fingerprint density at radius 3 is 2.50 bits per heavy atom. The van der Waals surface area contributed by atoms with Gasteiger partial charge in [-0.25, -0.2) is 0 Å². The predicted molar refractivity (Wildman–Crippen MR) is 102 cm³/mol. The normalized spacial score (nSPS) is 21.8. The van der Waals surface area contributed by atoms with Crippen LogP contribution in [0.5, 0.6) is 5.75 Å². The van der Waals surface area contributed by atoms with Crippen LogP contribution < -0.4 is 4.74 Å². The lowest BCUT2D eigenvalue weighted by molar-refractivity contribution is -0.0584. The molecule has 136 valence electrons. The molecule has 0 bridgehead atoms. The van der Waals surface area contributed by atoms with Gasteiger partial charge in [0.1, 0.15) is 17.5 Å². The fourth-order valence-corrected chi connectivity index (χ4v) is 3.53. The Bertz CT molecular complexity index is 463. The Hall–Kier alpha value is -1.02. The maximum absolute atomic E-state index is 6.32. The largest absolute Gasteiger partial charge is 0.487 e. The lowest BCUT2D eigenvalue weighted by Gasteiger charge is -2.31. The van der Waals surface area contributed by atoms with Crippen molar-refractivity contribution in [2.75, 3.05) is 6.61 Å². The molecule has 1 aromatic rings. The van der Waals surface area contributed by atoms with E-state index in [2.05, 4.69) is 45.0 Å². The highest BCUT2D eigenvalue weighted by Gasteiger charge is 2.37. The zero-order chi connectivity index (χ0) is 17.3. The molecule has 1 fully saturated rings. The van der Waals surface area contributed by atoms with E-state index in [1.807, 2.05) is 0 Å². The van der Waals surface area contributed by atoms with Crippen LogP contribution in [0.2, 0.25) is 0 Å². The van der Waals surface area contributed by atoms with Crippen LogP contribution in [0.3, 0.4) is 0 Å². The first kappa shape index (κ1) is 19.3. The van der Waals surface area contributed by atoms with E-state index in [0.717, 1.165) is 31.6 Å². The van der Waals surface area contributed by atoms with Crippen LogP contribution >= 0.6 is 0 Å². The second-order valence-corrected chi connectivity index (χ2v) is 7.50. The summed E-state index contributed by atoms with van der Waals surface area (Å²) in [6.45, 7) is 7.47. The highest BCUT2D eigenvalue weighted by molar-refractivity contribution is 5.33. The van der Waals surface area contributed by atoms with E-state index in [4.69, 9.17) is 9.47 Å². The zero-order valence-corrected chi connectivity index (χ0v) is 16.0. The highest BCUT2D eigenvalue weighted by atomic mass is 16.6. The maximum atomic E-state index is 6.32. The van der Waals surface area contributed by atoms with E-state index in [-0.39, 0.29) is 11.7 Å². The van der Waals surface area contributed by atoms with Crippen molar-refractivity contribution in [3.8, 4) is 5.75 Å². The van der Waals surface area contributed by atoms with E-state index in [0.29, 0.717) is 0 Å². The first-order chi connectivity index (χ1) is 11.7. The van der Waals surface area contributed by atoms with Crippen molar-refractivity contribution in [2.24, 2.45) is 0 Å². The average Bonchev–Trinajstić information content (AvgIpc) is 3.03. The molecule has 0 saturated carbocycles. The molecule has 2 heteroatoms. The van der Waals surface area contributed by atoms with Gasteiger partial charge in [0.25, 0.3) is 0 Å². The number of hydrogen-bond acceptors (Lipinski definition) is 2. The van der Waals surface area contributed by atoms with Gasteiger partial charge in [-0.15, -0.1) is 0 Å². The number of aryl methyl sites for hydroxylation is 1. The fourth-order valence-electron chi connectivity index (χ4n) is 3.53. The van der Waals surface area contributed by atoms with Crippen molar-refractivity contribution in [1.82, 2.24) is 0 Å². The van der Waals surface area contributed by atoms with Crippen LogP contribution in [0.1, 0.15) is 84.1 Å². The van der Waals surface area contributed by atoms with E-state index >= 15 is 0 Å². The molecule has 2 rings (SSSR count). The molecule has 1 aliphatic heterocycles. The Kier molecular flexibility index (Phi) is 8.11. The quantitative estimate of drug-likeness (QED) is 0.442. The molecule has 0 aliphatic carbocycles. The van der Waals surface area contributed by atoms with Gasteiger partial charge in [-0.05, 0) is 51.2 Å². The summed E-state index contributed by atoms with van der Waals surface area (Å²) in [5, 5.41) is 0. The minimum absolute atomic E-state index is 0.0928. The third-order valence-electron chi connectivity index (χ3n) is 5.44. The molecule has 2 nitrogen and oxygen atoms in total. The second-order valence-electron chi connectivity index (χ2n) is 7.50. The molecule has 2 atom stereocenters. The molecule has 0 radical (unpaired) electrons. The lowest BCUT2D eigenvalue weighted by Crippen LogP contribution is -2.40. The van der Waals surface area contributed by atoms with Gasteiger partial charge >= 0.3 is 0 Å². The van der Waals surface area contributed by atoms with Gasteiger partial charge < -0.3 is 9.47 Å². The number of unbranched alkanes of at least 4 members (excludes halogenated alkanes) is 6. The average molecular weight is 333 g/mol. The van der Waals surface area contributed by atoms with Gasteiger partial charge in [-0.2, -0.15) is 0 Å². The van der Waals surface area contributed by atoms with E-state index in [1.165, 1.54) is 50.5 Å². The molecular formula is C22H36O2. The molecule has 24 heavy (non-hydrogen) atoms. The third kappa shape index (κ3) is 5.81. The van der Waals surface area contributed by atoms with Gasteiger partial charge in [0, 0.05) is 6.61 Å². The van der Waals surface area contributed by atoms with E-state index < -0.39 is 0 Å². The van der Waals surface area contributed by atoms with Crippen molar-refractivity contribution in [1.29, 1.82) is 0 Å². The van der Waals surface area contributed by atoms with Crippen LogP contribution in [0, 0.1) is 0 Å². The topological polar surface area (TPSA) is 18.5 Å². The summed E-state index contributed by atoms with van der Waals surface area (Å²) in [6, 6.07) is 8.54. The van der Waals surface area contributed by atoms with Gasteiger partial charge in [-0.3, -0.25) is 0 Å². The first-order valence-corrected chi connectivity index (χ1v) is 10.0. The van der Waals surface area contributed by atoms with Crippen LogP contribution in [0.25, 0.3) is 0 Å². The third-order valence-corrected chi connectivity index (χ3v) is 5.44. The van der Waals surface area contributed by atoms with E-state index in [9.17, 15) is 0 Å². The van der Waals surface area contributed by atoms with E-state index in [1.54, 1.807) is 0 Å². The molecule has 1 heterocycles. The van der Waals surface area contributed by atoms with Gasteiger partial charge in [0.2, 0.25) is 0 Å². The number of ether oxygens (including phenoxy) is 2. The molecule has 0 amide bonds. The number of hydrogen-bond donors (Lipinski definition) is 0. The molecule has 0 aromatic heterocycles. The maximum Gasteiger partial charge on any atom is 0.124 e. The van der Waals surface area contributed by atoms with Gasteiger partial charge in [0.15, 0.2) is 0 Å². The number of benzene rings is 1. The zero-order valence-electron chi connectivity index (χ0n) is 16.0. The van der Waals surface area contributed by atoms with Crippen molar-refractivity contribution in [3.05, 3.63) is 29.8 Å². The number of para-hydroxylation sites is 1. The van der Waals surface area contributed by atoms with Gasteiger partial charge in [0.05, 0.1) is 0 Å². The predicted octanol–water partition coefficient (Wildman–Crippen LogP) is 6.32. The molecule has 0 spiro atoms. The summed E-state index contributed by atoms with van der Waals surface area (Å²) in [4.78, 5) is 0. The monoisotopic (exact) mass is 332 g/mol. The SMILES string of the molecule is CCCCCCCCCc1ccccc1OC(C)C1(C)CCCO1. The summed E-state index contributed by atoms with van der Waals surface area (Å²) in [6.07, 6.45) is 12.9.